The normalized spacial score (nSPS) is 12.4. The highest BCUT2D eigenvalue weighted by Gasteiger charge is 2.19. The van der Waals surface area contributed by atoms with E-state index in [1.54, 1.807) is 13.1 Å². The average Bonchev–Trinajstić information content (AvgIpc) is 2.44. The van der Waals surface area contributed by atoms with Crippen molar-refractivity contribution in [2.75, 3.05) is 0 Å². The van der Waals surface area contributed by atoms with Crippen molar-refractivity contribution in [3.8, 4) is 0 Å². The summed E-state index contributed by atoms with van der Waals surface area (Å²) in [5, 5.41) is 0. The first kappa shape index (κ1) is 14.6. The Balaban J connectivity index is 2.23. The van der Waals surface area contributed by atoms with Gasteiger partial charge >= 0.3 is 0 Å². The molecule has 2 aromatic rings. The second-order valence-electron chi connectivity index (χ2n) is 4.91. The van der Waals surface area contributed by atoms with Crippen LogP contribution < -0.4 is 5.73 Å². The van der Waals surface area contributed by atoms with E-state index >= 15 is 0 Å². The number of hydrogen-bond donors (Lipinski definition) is 1. The lowest BCUT2D eigenvalue weighted by atomic mass is 9.99. The molecule has 0 bridgehead atoms. The molecule has 1 aromatic carbocycles. The highest BCUT2D eigenvalue weighted by atomic mass is 19.1. The Labute approximate surface area is 117 Å². The predicted molar refractivity (Wildman–Crippen MR) is 75.3 cm³/mol. The third-order valence-corrected chi connectivity index (χ3v) is 3.41. The molecule has 20 heavy (non-hydrogen) atoms. The summed E-state index contributed by atoms with van der Waals surface area (Å²) < 4.78 is 27.8. The van der Waals surface area contributed by atoms with Gasteiger partial charge in [0.2, 0.25) is 0 Å². The Hall–Kier alpha value is -1.81. The van der Waals surface area contributed by atoms with Crippen LogP contribution in [0.2, 0.25) is 0 Å². The zero-order valence-electron chi connectivity index (χ0n) is 11.7. The first-order valence-corrected chi connectivity index (χ1v) is 6.66. The molecule has 2 rings (SSSR count). The Kier molecular flexibility index (Phi) is 4.45. The molecule has 1 aromatic heterocycles. The van der Waals surface area contributed by atoms with Crippen LogP contribution in [0, 0.1) is 18.6 Å². The largest absolute Gasteiger partial charge is 0.323 e. The smallest absolute Gasteiger partial charge is 0.133 e. The van der Waals surface area contributed by atoms with Crippen LogP contribution in [0.4, 0.5) is 8.78 Å². The third kappa shape index (κ3) is 3.02. The molecule has 1 atom stereocenters. The Morgan fingerprint density at radius 2 is 1.95 bits per heavy atom. The molecule has 0 aliphatic rings. The van der Waals surface area contributed by atoms with E-state index in [4.69, 9.17) is 5.73 Å². The second-order valence-corrected chi connectivity index (χ2v) is 4.91. The molecular formula is C16H18F2N2. The molecule has 0 amide bonds. The van der Waals surface area contributed by atoms with E-state index in [-0.39, 0.29) is 5.56 Å². The molecule has 2 nitrogen and oxygen atoms in total. The summed E-state index contributed by atoms with van der Waals surface area (Å²) in [5.41, 5.74) is 8.13. The van der Waals surface area contributed by atoms with Crippen LogP contribution >= 0.6 is 0 Å². The van der Waals surface area contributed by atoms with Crippen LogP contribution in [0.3, 0.4) is 0 Å². The number of benzene rings is 1. The molecule has 0 radical (unpaired) electrons. The van der Waals surface area contributed by atoms with E-state index in [1.807, 2.05) is 19.1 Å². The number of rotatable bonds is 4. The minimum atomic E-state index is -0.741. The summed E-state index contributed by atoms with van der Waals surface area (Å²) in [6.45, 7) is 3.64. The Bertz CT molecular complexity index is 594. The third-order valence-electron chi connectivity index (χ3n) is 3.41. The monoisotopic (exact) mass is 276 g/mol. The fraction of sp³-hybridized carbons (Fsp3) is 0.312. The van der Waals surface area contributed by atoms with Gasteiger partial charge in [0.1, 0.15) is 11.6 Å². The number of halogens is 2. The molecule has 0 spiro atoms. The lowest BCUT2D eigenvalue weighted by Crippen LogP contribution is -2.18. The zero-order chi connectivity index (χ0) is 14.7. The minimum absolute atomic E-state index is 0.0635. The fourth-order valence-electron chi connectivity index (χ4n) is 2.13. The molecule has 0 aliphatic carbocycles. The van der Waals surface area contributed by atoms with Gasteiger partial charge in [-0.05, 0) is 36.6 Å². The maximum Gasteiger partial charge on any atom is 0.133 e. The standard InChI is InChI=1S/C16H18F2N2/c1-3-11-5-6-12(20-9-11)8-14(19)15-13(17)7-4-10(2)16(15)18/h4-7,9,14H,3,8,19H2,1-2H3. The van der Waals surface area contributed by atoms with Gasteiger partial charge in [-0.15, -0.1) is 0 Å². The van der Waals surface area contributed by atoms with E-state index in [2.05, 4.69) is 4.98 Å². The average molecular weight is 276 g/mol. The number of nitrogens with zero attached hydrogens (tertiary/aromatic N) is 1. The van der Waals surface area contributed by atoms with Crippen molar-refractivity contribution in [3.05, 3.63) is 64.5 Å². The lowest BCUT2D eigenvalue weighted by molar-refractivity contribution is 0.518. The molecule has 0 saturated heterocycles. The molecule has 106 valence electrons. The number of pyridine rings is 1. The van der Waals surface area contributed by atoms with Gasteiger partial charge in [-0.2, -0.15) is 0 Å². The van der Waals surface area contributed by atoms with E-state index in [1.165, 1.54) is 12.1 Å². The summed E-state index contributed by atoms with van der Waals surface area (Å²) in [5.74, 6) is -1.17. The second kappa shape index (κ2) is 6.09. The minimum Gasteiger partial charge on any atom is -0.323 e. The van der Waals surface area contributed by atoms with E-state index in [0.717, 1.165) is 17.7 Å². The van der Waals surface area contributed by atoms with Crippen molar-refractivity contribution in [1.82, 2.24) is 4.98 Å². The van der Waals surface area contributed by atoms with Crippen molar-refractivity contribution in [1.29, 1.82) is 0 Å². The van der Waals surface area contributed by atoms with E-state index in [0.29, 0.717) is 12.0 Å². The summed E-state index contributed by atoms with van der Waals surface area (Å²) in [6.07, 6.45) is 2.98. The number of nitrogens with two attached hydrogens (primary N) is 1. The molecular weight excluding hydrogens is 258 g/mol. The van der Waals surface area contributed by atoms with Gasteiger partial charge < -0.3 is 5.73 Å². The molecule has 4 heteroatoms. The summed E-state index contributed by atoms with van der Waals surface area (Å²) in [6, 6.07) is 5.73. The Morgan fingerprint density at radius 1 is 1.20 bits per heavy atom. The van der Waals surface area contributed by atoms with E-state index < -0.39 is 17.7 Å². The van der Waals surface area contributed by atoms with Gasteiger partial charge in [-0.3, -0.25) is 4.98 Å². The predicted octanol–water partition coefficient (Wildman–Crippen LogP) is 3.47. The number of aryl methyl sites for hydroxylation is 2. The van der Waals surface area contributed by atoms with Crippen molar-refractivity contribution in [3.63, 3.8) is 0 Å². The van der Waals surface area contributed by atoms with Crippen LogP contribution in [-0.4, -0.2) is 4.98 Å². The van der Waals surface area contributed by atoms with Gasteiger partial charge in [0.25, 0.3) is 0 Å². The van der Waals surface area contributed by atoms with Crippen molar-refractivity contribution in [2.24, 2.45) is 5.73 Å². The van der Waals surface area contributed by atoms with Crippen LogP contribution in [0.15, 0.2) is 30.5 Å². The van der Waals surface area contributed by atoms with E-state index in [9.17, 15) is 8.78 Å². The van der Waals surface area contributed by atoms with Crippen LogP contribution in [-0.2, 0) is 12.8 Å². The molecule has 1 unspecified atom stereocenters. The maximum atomic E-state index is 14.0. The Morgan fingerprint density at radius 3 is 2.55 bits per heavy atom. The van der Waals surface area contributed by atoms with Crippen LogP contribution in [0.1, 0.15) is 35.3 Å². The molecule has 0 fully saturated rings. The molecule has 1 heterocycles. The summed E-state index contributed by atoms with van der Waals surface area (Å²) >= 11 is 0. The SMILES string of the molecule is CCc1ccc(CC(N)c2c(F)ccc(C)c2F)nc1. The summed E-state index contributed by atoms with van der Waals surface area (Å²) in [4.78, 5) is 4.27. The van der Waals surface area contributed by atoms with Gasteiger partial charge in [-0.1, -0.05) is 19.1 Å². The first-order chi connectivity index (χ1) is 9.52. The van der Waals surface area contributed by atoms with Crippen molar-refractivity contribution >= 4 is 0 Å². The van der Waals surface area contributed by atoms with Gasteiger partial charge in [0.05, 0.1) is 0 Å². The van der Waals surface area contributed by atoms with Gasteiger partial charge in [0.15, 0.2) is 0 Å². The van der Waals surface area contributed by atoms with Gasteiger partial charge in [-0.25, -0.2) is 8.78 Å². The van der Waals surface area contributed by atoms with Crippen molar-refractivity contribution < 1.29 is 8.78 Å². The summed E-state index contributed by atoms with van der Waals surface area (Å²) in [7, 11) is 0. The maximum absolute atomic E-state index is 14.0. The quantitative estimate of drug-likeness (QED) is 0.928. The topological polar surface area (TPSA) is 38.9 Å². The van der Waals surface area contributed by atoms with Crippen LogP contribution in [0.25, 0.3) is 0 Å². The van der Waals surface area contributed by atoms with Crippen LogP contribution in [0.5, 0.6) is 0 Å². The highest BCUT2D eigenvalue weighted by molar-refractivity contribution is 5.30. The number of hydrogen-bond acceptors (Lipinski definition) is 2. The van der Waals surface area contributed by atoms with Crippen molar-refractivity contribution in [2.45, 2.75) is 32.7 Å². The molecule has 0 aliphatic heterocycles. The zero-order valence-corrected chi connectivity index (χ0v) is 11.7. The number of aromatic nitrogens is 1. The first-order valence-electron chi connectivity index (χ1n) is 6.66. The fourth-order valence-corrected chi connectivity index (χ4v) is 2.13. The molecule has 2 N–H and O–H groups in total. The lowest BCUT2D eigenvalue weighted by Gasteiger charge is -2.15. The van der Waals surface area contributed by atoms with Gasteiger partial charge in [0, 0.05) is 29.9 Å². The molecule has 0 saturated carbocycles. The highest BCUT2D eigenvalue weighted by Crippen LogP contribution is 2.24.